The summed E-state index contributed by atoms with van der Waals surface area (Å²) in [5.74, 6) is -0.597. The molecule has 0 spiro atoms. The highest BCUT2D eigenvalue weighted by Gasteiger charge is 2.10. The highest BCUT2D eigenvalue weighted by Crippen LogP contribution is 2.26. The maximum atomic E-state index is 9.49. The van der Waals surface area contributed by atoms with Crippen molar-refractivity contribution in [2.24, 2.45) is 0 Å². The smallest absolute Gasteiger partial charge is 0.260 e. The highest BCUT2D eigenvalue weighted by molar-refractivity contribution is 7.71. The van der Waals surface area contributed by atoms with E-state index in [0.717, 1.165) is 0 Å². The summed E-state index contributed by atoms with van der Waals surface area (Å²) < 4.78 is 1.61. The van der Waals surface area contributed by atoms with Crippen LogP contribution >= 0.6 is 12.2 Å². The Balaban J connectivity index is 2.69. The third kappa shape index (κ3) is 1.27. The molecule has 72 valence electrons. The second kappa shape index (κ2) is 3.19. The normalized spacial score (nSPS) is 10.3. The Bertz CT molecular complexity index is 501. The molecule has 1 aromatic heterocycles. The SMILES string of the molecule is Oc1[nH]c(=S)n(-c2ccccc2)c1O. The minimum Gasteiger partial charge on any atom is -0.491 e. The van der Waals surface area contributed by atoms with Crippen LogP contribution < -0.4 is 0 Å². The van der Waals surface area contributed by atoms with Crippen LogP contribution in [0, 0.1) is 4.77 Å². The van der Waals surface area contributed by atoms with E-state index in [2.05, 4.69) is 4.98 Å². The molecule has 0 unspecified atom stereocenters. The Morgan fingerprint density at radius 2 is 1.79 bits per heavy atom. The van der Waals surface area contributed by atoms with E-state index in [4.69, 9.17) is 12.2 Å². The monoisotopic (exact) mass is 208 g/mol. The summed E-state index contributed by atoms with van der Waals surface area (Å²) in [6.07, 6.45) is 0. The van der Waals surface area contributed by atoms with Gasteiger partial charge in [0.25, 0.3) is 11.8 Å². The fourth-order valence-electron chi connectivity index (χ4n) is 1.23. The van der Waals surface area contributed by atoms with Crippen LogP contribution in [0.15, 0.2) is 30.3 Å². The summed E-state index contributed by atoms with van der Waals surface area (Å²) in [6, 6.07) is 9.06. The topological polar surface area (TPSA) is 61.2 Å². The number of nitrogens with zero attached hydrogens (tertiary/aromatic N) is 1. The van der Waals surface area contributed by atoms with Crippen molar-refractivity contribution in [2.45, 2.75) is 0 Å². The van der Waals surface area contributed by atoms with Crippen molar-refractivity contribution in [2.75, 3.05) is 0 Å². The van der Waals surface area contributed by atoms with Crippen LogP contribution in [0.25, 0.3) is 5.69 Å². The number of rotatable bonds is 1. The minimum atomic E-state index is -0.321. The fraction of sp³-hybridized carbons (Fsp3) is 0. The van der Waals surface area contributed by atoms with Crippen LogP contribution in [0.3, 0.4) is 0 Å². The largest absolute Gasteiger partial charge is 0.491 e. The first-order chi connectivity index (χ1) is 6.70. The van der Waals surface area contributed by atoms with E-state index in [-0.39, 0.29) is 16.5 Å². The summed E-state index contributed by atoms with van der Waals surface area (Å²) in [5.41, 5.74) is 0.701. The zero-order chi connectivity index (χ0) is 10.1. The molecule has 0 aliphatic rings. The number of aromatic nitrogens is 2. The Labute approximate surface area is 85.1 Å². The third-order valence-corrected chi connectivity index (χ3v) is 2.15. The molecule has 0 amide bonds. The first kappa shape index (κ1) is 8.83. The average molecular weight is 208 g/mol. The van der Waals surface area contributed by atoms with Gasteiger partial charge in [0.05, 0.1) is 5.69 Å². The van der Waals surface area contributed by atoms with Crippen molar-refractivity contribution >= 4 is 12.2 Å². The van der Waals surface area contributed by atoms with Crippen molar-refractivity contribution < 1.29 is 10.2 Å². The molecule has 0 aliphatic heterocycles. The number of aromatic hydroxyl groups is 2. The molecular formula is C9H8N2O2S. The van der Waals surface area contributed by atoms with Crippen LogP contribution in [0.1, 0.15) is 0 Å². The zero-order valence-corrected chi connectivity index (χ0v) is 7.95. The summed E-state index contributed by atoms with van der Waals surface area (Å²) in [7, 11) is 0. The van der Waals surface area contributed by atoms with Crippen LogP contribution in [0.4, 0.5) is 0 Å². The zero-order valence-electron chi connectivity index (χ0n) is 7.14. The molecule has 0 atom stereocenters. The van der Waals surface area contributed by atoms with Crippen molar-refractivity contribution in [1.29, 1.82) is 0 Å². The maximum absolute atomic E-state index is 9.49. The van der Waals surface area contributed by atoms with E-state index < -0.39 is 0 Å². The lowest BCUT2D eigenvalue weighted by Gasteiger charge is -2.02. The van der Waals surface area contributed by atoms with E-state index in [0.29, 0.717) is 5.69 Å². The van der Waals surface area contributed by atoms with E-state index in [9.17, 15) is 10.2 Å². The van der Waals surface area contributed by atoms with Gasteiger partial charge in [-0.25, -0.2) is 0 Å². The standard InChI is InChI=1S/C9H8N2O2S/c12-7-8(13)11(9(14)10-7)6-4-2-1-3-5-6/h1-5,12-13H,(H,10,14). The van der Waals surface area contributed by atoms with E-state index >= 15 is 0 Å². The second-order valence-corrected chi connectivity index (χ2v) is 3.16. The molecule has 2 aromatic rings. The summed E-state index contributed by atoms with van der Waals surface area (Å²) in [5, 5.41) is 18.7. The molecule has 0 fully saturated rings. The van der Waals surface area contributed by atoms with E-state index in [1.807, 2.05) is 18.2 Å². The lowest BCUT2D eigenvalue weighted by Crippen LogP contribution is -1.92. The summed E-state index contributed by atoms with van der Waals surface area (Å²) in [6.45, 7) is 0. The quantitative estimate of drug-likeness (QED) is 0.628. The van der Waals surface area contributed by atoms with Gasteiger partial charge in [-0.05, 0) is 24.4 Å². The van der Waals surface area contributed by atoms with Gasteiger partial charge in [-0.15, -0.1) is 0 Å². The van der Waals surface area contributed by atoms with Gasteiger partial charge in [0.15, 0.2) is 4.77 Å². The van der Waals surface area contributed by atoms with Crippen LogP contribution in [0.5, 0.6) is 11.8 Å². The van der Waals surface area contributed by atoms with Crippen LogP contribution in [-0.2, 0) is 0 Å². The summed E-state index contributed by atoms with van der Waals surface area (Å²) >= 11 is 4.93. The van der Waals surface area contributed by atoms with Gasteiger partial charge < -0.3 is 10.2 Å². The molecule has 4 nitrogen and oxygen atoms in total. The van der Waals surface area contributed by atoms with Crippen molar-refractivity contribution in [3.05, 3.63) is 35.1 Å². The molecule has 0 saturated heterocycles. The number of benzene rings is 1. The Morgan fingerprint density at radius 1 is 1.14 bits per heavy atom. The summed E-state index contributed by atoms with van der Waals surface area (Å²) in [4.78, 5) is 2.46. The molecule has 5 heteroatoms. The number of hydrogen-bond donors (Lipinski definition) is 3. The van der Waals surface area contributed by atoms with Crippen LogP contribution in [-0.4, -0.2) is 19.8 Å². The molecule has 1 aromatic carbocycles. The molecule has 2 rings (SSSR count). The van der Waals surface area contributed by atoms with Gasteiger partial charge in [0, 0.05) is 0 Å². The Kier molecular flexibility index (Phi) is 2.01. The fourth-order valence-corrected chi connectivity index (χ4v) is 1.52. The van der Waals surface area contributed by atoms with Crippen molar-refractivity contribution in [3.63, 3.8) is 0 Å². The molecule has 0 bridgehead atoms. The third-order valence-electron chi connectivity index (χ3n) is 1.87. The van der Waals surface area contributed by atoms with Crippen LogP contribution in [0.2, 0.25) is 0 Å². The minimum absolute atomic E-state index is 0.256. The first-order valence-electron chi connectivity index (χ1n) is 3.98. The number of H-pyrrole nitrogens is 1. The molecule has 0 aliphatic carbocycles. The van der Waals surface area contributed by atoms with E-state index in [1.165, 1.54) is 4.57 Å². The van der Waals surface area contributed by atoms with E-state index in [1.54, 1.807) is 12.1 Å². The number of para-hydroxylation sites is 1. The molecular weight excluding hydrogens is 200 g/mol. The number of aromatic amines is 1. The number of hydrogen-bond acceptors (Lipinski definition) is 3. The number of nitrogens with one attached hydrogen (secondary N) is 1. The van der Waals surface area contributed by atoms with Crippen molar-refractivity contribution in [1.82, 2.24) is 9.55 Å². The van der Waals surface area contributed by atoms with Gasteiger partial charge in [0.1, 0.15) is 0 Å². The van der Waals surface area contributed by atoms with Gasteiger partial charge in [-0.1, -0.05) is 18.2 Å². The van der Waals surface area contributed by atoms with Crippen molar-refractivity contribution in [3.8, 4) is 17.4 Å². The Hall–Kier alpha value is -1.75. The highest BCUT2D eigenvalue weighted by atomic mass is 32.1. The predicted molar refractivity (Wildman–Crippen MR) is 54.3 cm³/mol. The number of imidazole rings is 1. The predicted octanol–water partition coefficient (Wildman–Crippen LogP) is 1.95. The van der Waals surface area contributed by atoms with Gasteiger partial charge in [-0.3, -0.25) is 9.55 Å². The average Bonchev–Trinajstić information content (AvgIpc) is 2.43. The molecule has 0 saturated carbocycles. The Morgan fingerprint density at radius 3 is 2.29 bits per heavy atom. The molecule has 0 radical (unpaired) electrons. The maximum Gasteiger partial charge on any atom is 0.260 e. The molecule has 3 N–H and O–H groups in total. The van der Waals surface area contributed by atoms with Gasteiger partial charge in [0.2, 0.25) is 0 Å². The lowest BCUT2D eigenvalue weighted by molar-refractivity contribution is 0.379. The first-order valence-corrected chi connectivity index (χ1v) is 4.39. The molecule has 14 heavy (non-hydrogen) atoms. The second-order valence-electron chi connectivity index (χ2n) is 2.77. The van der Waals surface area contributed by atoms with Gasteiger partial charge in [-0.2, -0.15) is 0 Å². The lowest BCUT2D eigenvalue weighted by atomic mass is 10.3. The molecule has 1 heterocycles. The van der Waals surface area contributed by atoms with Gasteiger partial charge >= 0.3 is 0 Å².